The van der Waals surface area contributed by atoms with E-state index in [2.05, 4.69) is 36.4 Å². The predicted octanol–water partition coefficient (Wildman–Crippen LogP) is 5.59. The first-order chi connectivity index (χ1) is 12.8. The van der Waals surface area contributed by atoms with Crippen LogP contribution in [0.5, 0.6) is 11.5 Å². The highest BCUT2D eigenvalue weighted by molar-refractivity contribution is 5.91. The van der Waals surface area contributed by atoms with Crippen LogP contribution in [-0.2, 0) is 0 Å². The Labute approximate surface area is 152 Å². The maximum absolute atomic E-state index is 5.48. The summed E-state index contributed by atoms with van der Waals surface area (Å²) in [4.78, 5) is 4.82. The summed E-state index contributed by atoms with van der Waals surface area (Å²) in [5, 5.41) is 0.941. The lowest BCUT2D eigenvalue weighted by Gasteiger charge is -2.11. The molecule has 3 aromatic carbocycles. The molecule has 0 spiro atoms. The number of rotatable bonds is 4. The van der Waals surface area contributed by atoms with Crippen molar-refractivity contribution in [2.45, 2.75) is 0 Å². The molecule has 0 fully saturated rings. The summed E-state index contributed by atoms with van der Waals surface area (Å²) < 4.78 is 10.9. The molecule has 0 aliphatic heterocycles. The highest BCUT2D eigenvalue weighted by Crippen LogP contribution is 2.34. The summed E-state index contributed by atoms with van der Waals surface area (Å²) in [5.74, 6) is 1.53. The molecule has 0 saturated carbocycles. The van der Waals surface area contributed by atoms with E-state index in [0.717, 1.165) is 33.7 Å². The molecule has 0 radical (unpaired) electrons. The minimum absolute atomic E-state index is 0.739. The van der Waals surface area contributed by atoms with E-state index < -0.39 is 0 Å². The van der Waals surface area contributed by atoms with E-state index in [4.69, 9.17) is 14.5 Å². The lowest BCUT2D eigenvalue weighted by atomic mass is 10.0. The van der Waals surface area contributed by atoms with E-state index in [1.54, 1.807) is 14.2 Å². The van der Waals surface area contributed by atoms with E-state index in [9.17, 15) is 0 Å². The normalized spacial score (nSPS) is 10.7. The molecule has 0 unspecified atom stereocenters. The largest absolute Gasteiger partial charge is 0.496 e. The molecule has 3 nitrogen and oxygen atoms in total. The zero-order chi connectivity index (χ0) is 17.9. The molecule has 0 N–H and O–H groups in total. The van der Waals surface area contributed by atoms with Gasteiger partial charge >= 0.3 is 0 Å². The summed E-state index contributed by atoms with van der Waals surface area (Å²) in [7, 11) is 3.32. The Hall–Kier alpha value is -3.33. The van der Waals surface area contributed by atoms with Crippen molar-refractivity contribution in [2.75, 3.05) is 14.2 Å². The molecule has 0 aliphatic rings. The number of nitrogens with zero attached hydrogens (tertiary/aromatic N) is 1. The Balaban J connectivity index is 1.77. The maximum atomic E-state index is 5.48. The number of ether oxygens (including phenoxy) is 2. The highest BCUT2D eigenvalue weighted by atomic mass is 16.5. The van der Waals surface area contributed by atoms with Gasteiger partial charge in [0.2, 0.25) is 0 Å². The molecule has 3 heteroatoms. The Morgan fingerprint density at radius 2 is 1.19 bits per heavy atom. The zero-order valence-electron chi connectivity index (χ0n) is 14.8. The molecule has 1 aromatic heterocycles. The van der Waals surface area contributed by atoms with Crippen molar-refractivity contribution in [2.24, 2.45) is 0 Å². The monoisotopic (exact) mass is 341 g/mol. The molecule has 26 heavy (non-hydrogen) atoms. The molecule has 0 amide bonds. The third-order valence-electron chi connectivity index (χ3n) is 4.51. The van der Waals surface area contributed by atoms with Crippen LogP contribution in [0.25, 0.3) is 33.3 Å². The van der Waals surface area contributed by atoms with Gasteiger partial charge in [-0.25, -0.2) is 4.98 Å². The molecule has 0 bridgehead atoms. The molecule has 4 aromatic rings. The van der Waals surface area contributed by atoms with Gasteiger partial charge in [-0.3, -0.25) is 0 Å². The topological polar surface area (TPSA) is 31.4 Å². The summed E-state index contributed by atoms with van der Waals surface area (Å²) in [6.07, 6.45) is 0. The summed E-state index contributed by atoms with van der Waals surface area (Å²) in [6, 6.07) is 26.6. The van der Waals surface area contributed by atoms with Crippen LogP contribution in [0.15, 0.2) is 78.9 Å². The number of aromatic nitrogens is 1. The lowest BCUT2D eigenvalue weighted by Crippen LogP contribution is -1.93. The molecule has 128 valence electrons. The Morgan fingerprint density at radius 1 is 0.577 bits per heavy atom. The van der Waals surface area contributed by atoms with Gasteiger partial charge in [0.15, 0.2) is 0 Å². The SMILES string of the molecule is COc1ccc(OC)c2nc(-c3ccc(-c4ccccc4)cc3)ccc12. The molecule has 0 saturated heterocycles. The molecule has 0 atom stereocenters. The van der Waals surface area contributed by atoms with Gasteiger partial charge in [-0.15, -0.1) is 0 Å². The van der Waals surface area contributed by atoms with Crippen LogP contribution in [0.1, 0.15) is 0 Å². The molecular formula is C23H19NO2. The fourth-order valence-corrected chi connectivity index (χ4v) is 3.13. The second-order valence-electron chi connectivity index (χ2n) is 6.01. The molecule has 1 heterocycles. The van der Waals surface area contributed by atoms with Crippen molar-refractivity contribution in [3.05, 3.63) is 78.9 Å². The second-order valence-corrected chi connectivity index (χ2v) is 6.01. The van der Waals surface area contributed by atoms with Crippen LogP contribution < -0.4 is 9.47 Å². The van der Waals surface area contributed by atoms with Gasteiger partial charge in [-0.05, 0) is 35.4 Å². The van der Waals surface area contributed by atoms with Crippen molar-refractivity contribution in [3.8, 4) is 33.9 Å². The smallest absolute Gasteiger partial charge is 0.145 e. The standard InChI is InChI=1S/C23H19NO2/c1-25-21-14-15-22(26-2)23-19(21)12-13-20(24-23)18-10-8-17(9-11-18)16-6-4-3-5-7-16/h3-15H,1-2H3. The Kier molecular flexibility index (Phi) is 4.28. The number of fused-ring (bicyclic) bond motifs is 1. The molecule has 4 rings (SSSR count). The summed E-state index contributed by atoms with van der Waals surface area (Å²) >= 11 is 0. The minimum Gasteiger partial charge on any atom is -0.496 e. The van der Waals surface area contributed by atoms with E-state index in [1.165, 1.54) is 11.1 Å². The third-order valence-corrected chi connectivity index (χ3v) is 4.51. The van der Waals surface area contributed by atoms with Crippen LogP contribution in [0, 0.1) is 0 Å². The first kappa shape index (κ1) is 16.2. The van der Waals surface area contributed by atoms with Crippen LogP contribution in [0.3, 0.4) is 0 Å². The third kappa shape index (κ3) is 2.88. The van der Waals surface area contributed by atoms with Crippen molar-refractivity contribution < 1.29 is 9.47 Å². The quantitative estimate of drug-likeness (QED) is 0.485. The predicted molar refractivity (Wildman–Crippen MR) is 106 cm³/mol. The van der Waals surface area contributed by atoms with E-state index in [1.807, 2.05) is 42.5 Å². The van der Waals surface area contributed by atoms with Gasteiger partial charge in [0.1, 0.15) is 17.0 Å². The number of pyridine rings is 1. The number of methoxy groups -OCH3 is 2. The van der Waals surface area contributed by atoms with E-state index >= 15 is 0 Å². The first-order valence-electron chi connectivity index (χ1n) is 8.48. The van der Waals surface area contributed by atoms with E-state index in [-0.39, 0.29) is 0 Å². The average molecular weight is 341 g/mol. The molecular weight excluding hydrogens is 322 g/mol. The highest BCUT2D eigenvalue weighted by Gasteiger charge is 2.10. The van der Waals surface area contributed by atoms with Crippen molar-refractivity contribution in [1.82, 2.24) is 4.98 Å². The fourth-order valence-electron chi connectivity index (χ4n) is 3.13. The average Bonchev–Trinajstić information content (AvgIpc) is 2.73. The van der Waals surface area contributed by atoms with Crippen molar-refractivity contribution in [3.63, 3.8) is 0 Å². The van der Waals surface area contributed by atoms with E-state index in [0.29, 0.717) is 0 Å². The summed E-state index contributed by atoms with van der Waals surface area (Å²) in [5.41, 5.74) is 5.17. The second kappa shape index (κ2) is 6.89. The van der Waals surface area contributed by atoms with Gasteiger partial charge in [-0.2, -0.15) is 0 Å². The van der Waals surface area contributed by atoms with Crippen LogP contribution in [-0.4, -0.2) is 19.2 Å². The number of benzene rings is 3. The minimum atomic E-state index is 0.739. The Morgan fingerprint density at radius 3 is 1.88 bits per heavy atom. The number of hydrogen-bond donors (Lipinski definition) is 0. The summed E-state index contributed by atoms with van der Waals surface area (Å²) in [6.45, 7) is 0. The van der Waals surface area contributed by atoms with Crippen LogP contribution >= 0.6 is 0 Å². The number of hydrogen-bond acceptors (Lipinski definition) is 3. The Bertz CT molecular complexity index is 1040. The fraction of sp³-hybridized carbons (Fsp3) is 0.0870. The maximum Gasteiger partial charge on any atom is 0.145 e. The van der Waals surface area contributed by atoms with Crippen LogP contribution in [0.2, 0.25) is 0 Å². The zero-order valence-corrected chi connectivity index (χ0v) is 14.8. The molecule has 0 aliphatic carbocycles. The van der Waals surface area contributed by atoms with Crippen molar-refractivity contribution in [1.29, 1.82) is 0 Å². The van der Waals surface area contributed by atoms with Gasteiger partial charge in [0.25, 0.3) is 0 Å². The lowest BCUT2D eigenvalue weighted by molar-refractivity contribution is 0.410. The van der Waals surface area contributed by atoms with Gasteiger partial charge in [0.05, 0.1) is 19.9 Å². The van der Waals surface area contributed by atoms with Gasteiger partial charge < -0.3 is 9.47 Å². The van der Waals surface area contributed by atoms with Crippen molar-refractivity contribution >= 4 is 10.9 Å². The van der Waals surface area contributed by atoms with Crippen LogP contribution in [0.4, 0.5) is 0 Å². The van der Waals surface area contributed by atoms with Gasteiger partial charge in [0, 0.05) is 10.9 Å². The first-order valence-corrected chi connectivity index (χ1v) is 8.48. The van der Waals surface area contributed by atoms with Gasteiger partial charge in [-0.1, -0.05) is 54.6 Å².